The molecule has 0 radical (unpaired) electrons. The van der Waals surface area contributed by atoms with Gasteiger partial charge < -0.3 is 15.3 Å². The second-order valence-electron chi connectivity index (χ2n) is 8.00. The highest BCUT2D eigenvalue weighted by Crippen LogP contribution is 2.30. The van der Waals surface area contributed by atoms with Crippen LogP contribution in [0.1, 0.15) is 24.1 Å². The second kappa shape index (κ2) is 9.05. The molecule has 1 atom stereocenters. The van der Waals surface area contributed by atoms with Gasteiger partial charge in [0.1, 0.15) is 11.5 Å². The molecule has 3 aromatic rings. The molecule has 1 fully saturated rings. The van der Waals surface area contributed by atoms with Crippen LogP contribution >= 0.6 is 0 Å². The Balaban J connectivity index is 1.54. The Morgan fingerprint density at radius 2 is 1.97 bits per heavy atom. The fourth-order valence-electron chi connectivity index (χ4n) is 3.86. The van der Waals surface area contributed by atoms with E-state index in [1.807, 2.05) is 30.0 Å². The predicted octanol–water partition coefficient (Wildman–Crippen LogP) is 4.91. The summed E-state index contributed by atoms with van der Waals surface area (Å²) in [6.45, 7) is 3.06. The number of hydrogen-bond donors (Lipinski definition) is 2. The van der Waals surface area contributed by atoms with Crippen molar-refractivity contribution in [2.75, 3.05) is 23.3 Å². The number of nitrogens with zero attached hydrogens (tertiary/aromatic N) is 4. The summed E-state index contributed by atoms with van der Waals surface area (Å²) in [5, 5.41) is 12.1. The molecule has 3 heterocycles. The summed E-state index contributed by atoms with van der Waals surface area (Å²) < 4.78 is 38.8. The maximum atomic E-state index is 12.9. The lowest BCUT2D eigenvalue weighted by molar-refractivity contribution is -0.142. The van der Waals surface area contributed by atoms with Crippen molar-refractivity contribution in [1.29, 1.82) is 0 Å². The van der Waals surface area contributed by atoms with Crippen molar-refractivity contribution < 1.29 is 23.1 Å². The topological polar surface area (TPSA) is 91.2 Å². The zero-order chi connectivity index (χ0) is 23.6. The third-order valence-corrected chi connectivity index (χ3v) is 5.46. The van der Waals surface area contributed by atoms with Crippen molar-refractivity contribution >= 4 is 23.4 Å². The number of carboxylic acid groups (broad SMARTS) is 1. The molecule has 0 aliphatic carbocycles. The molecular formula is C23H22F3N5O2. The first-order chi connectivity index (χ1) is 15.7. The number of piperidine rings is 1. The second-order valence-corrected chi connectivity index (χ2v) is 8.00. The quantitative estimate of drug-likeness (QED) is 0.563. The number of carbonyl (C=O) groups is 1. The van der Waals surface area contributed by atoms with Crippen LogP contribution in [0, 0.1) is 12.8 Å². The Bertz CT molecular complexity index is 1150. The molecule has 0 amide bonds. The predicted molar refractivity (Wildman–Crippen MR) is 117 cm³/mol. The summed E-state index contributed by atoms with van der Waals surface area (Å²) in [6.07, 6.45) is -0.320. The molecule has 1 aliphatic heterocycles. The van der Waals surface area contributed by atoms with E-state index in [9.17, 15) is 23.1 Å². The Morgan fingerprint density at radius 3 is 2.67 bits per heavy atom. The molecule has 33 heavy (non-hydrogen) atoms. The first-order valence-corrected chi connectivity index (χ1v) is 10.4. The zero-order valence-electron chi connectivity index (χ0n) is 17.8. The first kappa shape index (κ1) is 22.5. The van der Waals surface area contributed by atoms with Crippen LogP contribution in [0.3, 0.4) is 0 Å². The number of rotatable bonds is 5. The first-order valence-electron chi connectivity index (χ1n) is 10.4. The van der Waals surface area contributed by atoms with Crippen molar-refractivity contribution in [2.24, 2.45) is 5.92 Å². The van der Waals surface area contributed by atoms with Crippen LogP contribution in [0.25, 0.3) is 11.1 Å². The van der Waals surface area contributed by atoms with Gasteiger partial charge in [0.2, 0.25) is 5.95 Å². The van der Waals surface area contributed by atoms with E-state index in [0.29, 0.717) is 24.5 Å². The zero-order valence-corrected chi connectivity index (χ0v) is 17.8. The summed E-state index contributed by atoms with van der Waals surface area (Å²) >= 11 is 0. The van der Waals surface area contributed by atoms with E-state index in [0.717, 1.165) is 41.9 Å². The van der Waals surface area contributed by atoms with Crippen molar-refractivity contribution in [1.82, 2.24) is 15.0 Å². The molecule has 1 aliphatic rings. The van der Waals surface area contributed by atoms with E-state index in [1.165, 1.54) is 0 Å². The maximum Gasteiger partial charge on any atom is 0.433 e. The van der Waals surface area contributed by atoms with Gasteiger partial charge in [-0.3, -0.25) is 4.79 Å². The van der Waals surface area contributed by atoms with E-state index in [1.54, 1.807) is 18.3 Å². The number of anilines is 3. The third kappa shape index (κ3) is 5.39. The lowest BCUT2D eigenvalue weighted by Crippen LogP contribution is -2.39. The van der Waals surface area contributed by atoms with E-state index in [-0.39, 0.29) is 5.95 Å². The van der Waals surface area contributed by atoms with Crippen LogP contribution in [-0.2, 0) is 11.0 Å². The van der Waals surface area contributed by atoms with Gasteiger partial charge in [-0.25, -0.2) is 15.0 Å². The van der Waals surface area contributed by atoms with Crippen LogP contribution in [0.15, 0.2) is 48.8 Å². The van der Waals surface area contributed by atoms with Gasteiger partial charge in [0.15, 0.2) is 0 Å². The number of nitrogens with one attached hydrogen (secondary N) is 1. The molecule has 1 unspecified atom stereocenters. The standard InChI is InChI=1S/C23H22F3N5O2/c1-14-9-17(11-18(10-14)29-22-27-7-6-19(30-22)23(24,25)26)15-4-5-20(28-12-15)31-8-2-3-16(13-31)21(32)33/h4-7,9-12,16H,2-3,8,13H2,1H3,(H,32,33)(H,27,29,30). The molecule has 1 aromatic carbocycles. The smallest absolute Gasteiger partial charge is 0.433 e. The molecule has 7 nitrogen and oxygen atoms in total. The lowest BCUT2D eigenvalue weighted by Gasteiger charge is -2.31. The van der Waals surface area contributed by atoms with Crippen LogP contribution in [0.5, 0.6) is 0 Å². The van der Waals surface area contributed by atoms with Gasteiger partial charge in [0, 0.05) is 36.7 Å². The number of aliphatic carboxylic acids is 1. The van der Waals surface area contributed by atoms with Gasteiger partial charge >= 0.3 is 12.1 Å². The van der Waals surface area contributed by atoms with Gasteiger partial charge in [-0.15, -0.1) is 0 Å². The maximum absolute atomic E-state index is 12.9. The fraction of sp³-hybridized carbons (Fsp3) is 0.304. The molecule has 4 rings (SSSR count). The molecule has 0 spiro atoms. The number of benzene rings is 1. The molecule has 0 bridgehead atoms. The highest BCUT2D eigenvalue weighted by Gasteiger charge is 2.32. The Hall–Kier alpha value is -3.69. The highest BCUT2D eigenvalue weighted by molar-refractivity contribution is 5.72. The average molecular weight is 457 g/mol. The third-order valence-electron chi connectivity index (χ3n) is 5.46. The van der Waals surface area contributed by atoms with E-state index in [4.69, 9.17) is 0 Å². The summed E-state index contributed by atoms with van der Waals surface area (Å²) in [5.41, 5.74) is 2.07. The summed E-state index contributed by atoms with van der Waals surface area (Å²) in [6, 6.07) is 10.1. The van der Waals surface area contributed by atoms with Crippen molar-refractivity contribution in [2.45, 2.75) is 25.9 Å². The number of carboxylic acids is 1. The van der Waals surface area contributed by atoms with Gasteiger partial charge in [-0.2, -0.15) is 13.2 Å². The SMILES string of the molecule is Cc1cc(Nc2nccc(C(F)(F)F)n2)cc(-c2ccc(N3CCCC(C(=O)O)C3)nc2)c1. The van der Waals surface area contributed by atoms with Gasteiger partial charge in [-0.05, 0) is 61.2 Å². The van der Waals surface area contributed by atoms with Gasteiger partial charge in [-0.1, -0.05) is 6.07 Å². The van der Waals surface area contributed by atoms with Crippen molar-refractivity contribution in [3.63, 3.8) is 0 Å². The monoisotopic (exact) mass is 457 g/mol. The molecule has 1 saturated heterocycles. The normalized spacial score (nSPS) is 16.5. The van der Waals surface area contributed by atoms with Crippen LogP contribution in [-0.4, -0.2) is 39.1 Å². The Kier molecular flexibility index (Phi) is 6.17. The molecule has 2 N–H and O–H groups in total. The number of aryl methyl sites for hydroxylation is 1. The minimum atomic E-state index is -4.55. The Morgan fingerprint density at radius 1 is 1.15 bits per heavy atom. The summed E-state index contributed by atoms with van der Waals surface area (Å²) in [7, 11) is 0. The summed E-state index contributed by atoms with van der Waals surface area (Å²) in [5.74, 6) is -0.620. The number of pyridine rings is 1. The van der Waals surface area contributed by atoms with E-state index < -0.39 is 23.8 Å². The van der Waals surface area contributed by atoms with E-state index >= 15 is 0 Å². The van der Waals surface area contributed by atoms with E-state index in [2.05, 4.69) is 20.3 Å². The minimum absolute atomic E-state index is 0.145. The average Bonchev–Trinajstić information content (AvgIpc) is 2.78. The molecule has 172 valence electrons. The fourth-order valence-corrected chi connectivity index (χ4v) is 3.86. The summed E-state index contributed by atoms with van der Waals surface area (Å²) in [4.78, 5) is 25.2. The van der Waals surface area contributed by atoms with Crippen LogP contribution < -0.4 is 10.2 Å². The van der Waals surface area contributed by atoms with Crippen LogP contribution in [0.4, 0.5) is 30.6 Å². The number of alkyl halides is 3. The number of hydrogen-bond acceptors (Lipinski definition) is 6. The van der Waals surface area contributed by atoms with Crippen molar-refractivity contribution in [3.8, 4) is 11.1 Å². The van der Waals surface area contributed by atoms with Gasteiger partial charge in [0.25, 0.3) is 0 Å². The molecule has 2 aromatic heterocycles. The lowest BCUT2D eigenvalue weighted by atomic mass is 9.98. The Labute approximate surface area is 188 Å². The number of halogens is 3. The largest absolute Gasteiger partial charge is 0.481 e. The van der Waals surface area contributed by atoms with Crippen molar-refractivity contribution in [3.05, 3.63) is 60.0 Å². The highest BCUT2D eigenvalue weighted by atomic mass is 19.4. The van der Waals surface area contributed by atoms with Crippen LogP contribution in [0.2, 0.25) is 0 Å². The molecular weight excluding hydrogens is 435 g/mol. The number of aromatic nitrogens is 3. The minimum Gasteiger partial charge on any atom is -0.481 e. The molecule has 0 saturated carbocycles. The van der Waals surface area contributed by atoms with Gasteiger partial charge in [0.05, 0.1) is 5.92 Å². The molecule has 10 heteroatoms.